The van der Waals surface area contributed by atoms with Crippen LogP contribution < -0.4 is 0 Å². The lowest BCUT2D eigenvalue weighted by Gasteiger charge is -2.18. The summed E-state index contributed by atoms with van der Waals surface area (Å²) in [6.45, 7) is 6.44. The van der Waals surface area contributed by atoms with Gasteiger partial charge in [-0.15, -0.1) is 0 Å². The number of rotatable bonds is 56. The predicted octanol–water partition coefficient (Wildman–Crippen LogP) is 21.1. The zero-order chi connectivity index (χ0) is 52.9. The van der Waals surface area contributed by atoms with E-state index in [1.54, 1.807) is 6.08 Å². The highest BCUT2D eigenvalue weighted by Gasteiger charge is 2.19. The summed E-state index contributed by atoms with van der Waals surface area (Å²) in [6, 6.07) is 0. The van der Waals surface area contributed by atoms with Crippen LogP contribution in [0.25, 0.3) is 0 Å². The Bertz CT molecular complexity index is 1400. The SMILES string of the molecule is CC/C=C\C/C=C\C/C=C\C/C=C\C/C=C\CC(=O)OCC(COC(=O)CCCCCCCCCCCCCCCCCCCCCCCCCC)OC(=O)CCCCCCC/C=C\C/C=C\CCCCCC. The standard InChI is InChI=1S/C67H116O6/c1-4-7-10-13-16-19-22-25-28-30-31-32-33-34-35-36-37-40-42-45-48-51-54-57-60-66(69)72-63-64(62-71-65(68)59-56-53-50-47-44-41-38-27-24-21-18-15-12-9-6-3)73-67(70)61-58-55-52-49-46-43-39-29-26-23-20-17-14-11-8-5-2/h9,12,18,20-21,23,27,29,38-39,44,47,53,56,64H,4-8,10-11,13-17,19,22,24-26,28,30-37,40-43,45-46,48-52,54-55,57-63H2,1-3H3/b12-9-,21-18-,23-20-,38-27-,39-29-,47-44-,56-53-. The van der Waals surface area contributed by atoms with Crippen molar-refractivity contribution in [2.75, 3.05) is 13.2 Å². The second-order valence-corrected chi connectivity index (χ2v) is 20.6. The van der Waals surface area contributed by atoms with E-state index in [9.17, 15) is 14.4 Å². The van der Waals surface area contributed by atoms with Crippen LogP contribution in [0.2, 0.25) is 0 Å². The normalized spacial score (nSPS) is 12.6. The van der Waals surface area contributed by atoms with Crippen molar-refractivity contribution in [2.45, 2.75) is 309 Å². The molecule has 0 heterocycles. The molecule has 0 rings (SSSR count). The Labute approximate surface area is 452 Å². The van der Waals surface area contributed by atoms with Gasteiger partial charge in [-0.05, 0) is 77.0 Å². The maximum atomic E-state index is 12.9. The first kappa shape index (κ1) is 69.6. The van der Waals surface area contributed by atoms with Gasteiger partial charge in [-0.1, -0.05) is 292 Å². The first-order chi connectivity index (χ1) is 36.0. The maximum Gasteiger partial charge on any atom is 0.309 e. The molecule has 0 amide bonds. The molecule has 0 fully saturated rings. The fraction of sp³-hybridized carbons (Fsp3) is 0.746. The van der Waals surface area contributed by atoms with Crippen LogP contribution in [0.1, 0.15) is 303 Å². The van der Waals surface area contributed by atoms with Gasteiger partial charge in [-0.2, -0.15) is 0 Å². The topological polar surface area (TPSA) is 78.9 Å². The zero-order valence-corrected chi connectivity index (χ0v) is 48.1. The van der Waals surface area contributed by atoms with Crippen molar-refractivity contribution in [1.29, 1.82) is 0 Å². The van der Waals surface area contributed by atoms with E-state index in [1.807, 2.05) is 6.08 Å². The van der Waals surface area contributed by atoms with Crippen LogP contribution in [0.15, 0.2) is 85.1 Å². The van der Waals surface area contributed by atoms with Crippen molar-refractivity contribution in [2.24, 2.45) is 0 Å². The van der Waals surface area contributed by atoms with Gasteiger partial charge in [0.25, 0.3) is 0 Å². The van der Waals surface area contributed by atoms with Crippen LogP contribution in [0, 0.1) is 0 Å². The molecule has 0 bridgehead atoms. The van der Waals surface area contributed by atoms with E-state index in [2.05, 4.69) is 93.7 Å². The van der Waals surface area contributed by atoms with Crippen molar-refractivity contribution in [3.05, 3.63) is 85.1 Å². The first-order valence-electron chi connectivity index (χ1n) is 31.1. The molecule has 0 aromatic rings. The van der Waals surface area contributed by atoms with Crippen molar-refractivity contribution in [3.63, 3.8) is 0 Å². The van der Waals surface area contributed by atoms with E-state index in [0.29, 0.717) is 12.8 Å². The summed E-state index contributed by atoms with van der Waals surface area (Å²) in [7, 11) is 0. The minimum absolute atomic E-state index is 0.110. The van der Waals surface area contributed by atoms with E-state index in [0.717, 1.165) is 96.3 Å². The largest absolute Gasteiger partial charge is 0.462 e. The van der Waals surface area contributed by atoms with Crippen molar-refractivity contribution >= 4 is 17.9 Å². The molecule has 0 aromatic carbocycles. The molecule has 6 heteroatoms. The van der Waals surface area contributed by atoms with E-state index in [-0.39, 0.29) is 31.6 Å². The van der Waals surface area contributed by atoms with Gasteiger partial charge in [-0.25, -0.2) is 0 Å². The average Bonchev–Trinajstić information content (AvgIpc) is 3.39. The Balaban J connectivity index is 4.38. The Kier molecular flexibility index (Phi) is 58.3. The summed E-state index contributed by atoms with van der Waals surface area (Å²) in [4.78, 5) is 38.2. The van der Waals surface area contributed by atoms with E-state index in [1.165, 1.54) is 167 Å². The summed E-state index contributed by atoms with van der Waals surface area (Å²) < 4.78 is 16.8. The van der Waals surface area contributed by atoms with Crippen LogP contribution in [0.5, 0.6) is 0 Å². The molecule has 0 aliphatic rings. The van der Waals surface area contributed by atoms with Gasteiger partial charge in [0.1, 0.15) is 13.2 Å². The van der Waals surface area contributed by atoms with Gasteiger partial charge in [0, 0.05) is 12.8 Å². The first-order valence-corrected chi connectivity index (χ1v) is 31.1. The molecule has 1 atom stereocenters. The quantitative estimate of drug-likeness (QED) is 0.0261. The number of carbonyl (C=O) groups is 3. The minimum Gasteiger partial charge on any atom is -0.462 e. The van der Waals surface area contributed by atoms with Crippen LogP contribution >= 0.6 is 0 Å². The van der Waals surface area contributed by atoms with Crippen molar-refractivity contribution in [3.8, 4) is 0 Å². The number of unbranched alkanes of at least 4 members (excludes halogenated alkanes) is 32. The van der Waals surface area contributed by atoms with Gasteiger partial charge in [0.15, 0.2) is 6.10 Å². The minimum atomic E-state index is -0.823. The number of hydrogen-bond donors (Lipinski definition) is 0. The lowest BCUT2D eigenvalue weighted by molar-refractivity contribution is -0.166. The van der Waals surface area contributed by atoms with E-state index in [4.69, 9.17) is 14.2 Å². The third-order valence-electron chi connectivity index (χ3n) is 13.4. The molecule has 6 nitrogen and oxygen atoms in total. The summed E-state index contributed by atoms with van der Waals surface area (Å²) in [6.07, 6.45) is 80.5. The van der Waals surface area contributed by atoms with Crippen LogP contribution in [0.3, 0.4) is 0 Å². The monoisotopic (exact) mass is 1020 g/mol. The molecule has 420 valence electrons. The van der Waals surface area contributed by atoms with Gasteiger partial charge >= 0.3 is 17.9 Å². The highest BCUT2D eigenvalue weighted by atomic mass is 16.6. The molecule has 0 radical (unpaired) electrons. The second-order valence-electron chi connectivity index (χ2n) is 20.6. The van der Waals surface area contributed by atoms with Crippen molar-refractivity contribution < 1.29 is 28.6 Å². The second kappa shape index (κ2) is 61.1. The molecule has 0 aliphatic heterocycles. The van der Waals surface area contributed by atoms with Gasteiger partial charge in [-0.3, -0.25) is 14.4 Å². The molecular weight excluding hydrogens is 901 g/mol. The smallest absolute Gasteiger partial charge is 0.309 e. The molecule has 0 spiro atoms. The molecule has 0 saturated carbocycles. The van der Waals surface area contributed by atoms with Gasteiger partial charge < -0.3 is 14.2 Å². The average molecular weight is 1020 g/mol. The molecule has 0 N–H and O–H groups in total. The fourth-order valence-corrected chi connectivity index (χ4v) is 8.78. The predicted molar refractivity (Wildman–Crippen MR) is 316 cm³/mol. The number of esters is 3. The van der Waals surface area contributed by atoms with Crippen LogP contribution in [0.4, 0.5) is 0 Å². The summed E-state index contributed by atoms with van der Waals surface area (Å²) >= 11 is 0. The number of ether oxygens (including phenoxy) is 3. The van der Waals surface area contributed by atoms with E-state index >= 15 is 0 Å². The maximum absolute atomic E-state index is 12.9. The van der Waals surface area contributed by atoms with Gasteiger partial charge in [0.2, 0.25) is 0 Å². The molecule has 1 unspecified atom stereocenters. The van der Waals surface area contributed by atoms with Crippen LogP contribution in [-0.2, 0) is 28.6 Å². The molecular formula is C67H116O6. The van der Waals surface area contributed by atoms with E-state index < -0.39 is 12.1 Å². The molecule has 0 aliphatic carbocycles. The number of allylic oxidation sites excluding steroid dienone is 13. The highest BCUT2D eigenvalue weighted by molar-refractivity contribution is 5.72. The third kappa shape index (κ3) is 59.3. The third-order valence-corrected chi connectivity index (χ3v) is 13.4. The van der Waals surface area contributed by atoms with Crippen molar-refractivity contribution in [1.82, 2.24) is 0 Å². The zero-order valence-electron chi connectivity index (χ0n) is 48.1. The molecule has 0 aromatic heterocycles. The fourth-order valence-electron chi connectivity index (χ4n) is 8.78. The Morgan fingerprint density at radius 3 is 0.973 bits per heavy atom. The lowest BCUT2D eigenvalue weighted by Crippen LogP contribution is -2.30. The molecule has 73 heavy (non-hydrogen) atoms. The Hall–Kier alpha value is -3.41. The summed E-state index contributed by atoms with van der Waals surface area (Å²) in [5, 5.41) is 0. The lowest BCUT2D eigenvalue weighted by atomic mass is 10.0. The Morgan fingerprint density at radius 1 is 0.301 bits per heavy atom. The highest BCUT2D eigenvalue weighted by Crippen LogP contribution is 2.17. The van der Waals surface area contributed by atoms with Crippen LogP contribution in [-0.4, -0.2) is 37.2 Å². The summed E-state index contributed by atoms with van der Waals surface area (Å²) in [5.41, 5.74) is 0. The number of carbonyl (C=O) groups excluding carboxylic acids is 3. The summed E-state index contributed by atoms with van der Waals surface area (Å²) in [5.74, 6) is -1.05. The number of hydrogen-bond acceptors (Lipinski definition) is 6. The van der Waals surface area contributed by atoms with Gasteiger partial charge in [0.05, 0.1) is 6.42 Å². The Morgan fingerprint density at radius 2 is 0.589 bits per heavy atom. The molecule has 0 saturated heterocycles.